The molecule has 2 aromatic heterocycles. The molecule has 2 heterocycles. The lowest BCUT2D eigenvalue weighted by Gasteiger charge is -2.21. The third-order valence-electron chi connectivity index (χ3n) is 3.83. The maximum Gasteiger partial charge on any atom is 0.0907 e. The summed E-state index contributed by atoms with van der Waals surface area (Å²) in [5.41, 5.74) is 5.77. The quantitative estimate of drug-likeness (QED) is 0.712. The van der Waals surface area contributed by atoms with Crippen molar-refractivity contribution < 1.29 is 0 Å². The minimum absolute atomic E-state index is 0.0275. The van der Waals surface area contributed by atoms with E-state index < -0.39 is 0 Å². The van der Waals surface area contributed by atoms with Crippen LogP contribution in [0.4, 0.5) is 0 Å². The summed E-state index contributed by atoms with van der Waals surface area (Å²) in [6, 6.07) is 0. The summed E-state index contributed by atoms with van der Waals surface area (Å²) in [4.78, 5) is 4.71. The van der Waals surface area contributed by atoms with Crippen molar-refractivity contribution in [3.8, 4) is 0 Å². The lowest BCUT2D eigenvalue weighted by atomic mass is 9.88. The van der Waals surface area contributed by atoms with Crippen LogP contribution < -0.4 is 0 Å². The van der Waals surface area contributed by atoms with Crippen molar-refractivity contribution in [1.82, 2.24) is 14.8 Å². The van der Waals surface area contributed by atoms with Crippen LogP contribution in [0.3, 0.4) is 0 Å². The van der Waals surface area contributed by atoms with Gasteiger partial charge in [0, 0.05) is 16.5 Å². The van der Waals surface area contributed by atoms with Gasteiger partial charge in [-0.1, -0.05) is 20.8 Å². The van der Waals surface area contributed by atoms with Crippen LogP contribution in [0.15, 0.2) is 0 Å². The van der Waals surface area contributed by atoms with E-state index in [1.54, 1.807) is 0 Å². The monoisotopic (exact) mass is 273 g/mol. The lowest BCUT2D eigenvalue weighted by Crippen LogP contribution is -2.24. The van der Waals surface area contributed by atoms with E-state index in [-0.39, 0.29) is 11.0 Å². The van der Waals surface area contributed by atoms with Crippen LogP contribution >= 0.6 is 0 Å². The number of nitrogens with zero attached hydrogens (tertiary/aromatic N) is 3. The predicted octanol–water partition coefficient (Wildman–Crippen LogP) is 4.41. The largest absolute Gasteiger partial charge is 0.257 e. The van der Waals surface area contributed by atoms with Gasteiger partial charge in [0.1, 0.15) is 0 Å². The highest BCUT2D eigenvalue weighted by Gasteiger charge is 2.29. The molecule has 0 bridgehead atoms. The van der Waals surface area contributed by atoms with Gasteiger partial charge in [0.05, 0.1) is 22.4 Å². The second kappa shape index (κ2) is 4.31. The first kappa shape index (κ1) is 15.0. The van der Waals surface area contributed by atoms with Crippen LogP contribution in [-0.4, -0.2) is 14.8 Å². The molecule has 0 aromatic carbocycles. The van der Waals surface area contributed by atoms with Gasteiger partial charge >= 0.3 is 0 Å². The van der Waals surface area contributed by atoms with Crippen LogP contribution in [0.1, 0.15) is 64.2 Å². The van der Waals surface area contributed by atoms with Gasteiger partial charge < -0.3 is 0 Å². The second-order valence-corrected chi connectivity index (χ2v) is 7.81. The minimum atomic E-state index is -0.0457. The summed E-state index contributed by atoms with van der Waals surface area (Å²) in [5, 5.41) is 6.26. The molecule has 110 valence electrons. The standard InChI is InChI=1S/C17H27N3/c1-10-11(2)18-12(3)14-13(10)15(16(4,5)6)19-20(14)17(7,8)9/h1-9H3. The zero-order chi connectivity index (χ0) is 15.5. The van der Waals surface area contributed by atoms with Crippen molar-refractivity contribution in [2.75, 3.05) is 0 Å². The summed E-state index contributed by atoms with van der Waals surface area (Å²) < 4.78 is 2.15. The molecule has 0 amide bonds. The molecule has 0 fully saturated rings. The third-order valence-corrected chi connectivity index (χ3v) is 3.83. The maximum absolute atomic E-state index is 4.97. The number of fused-ring (bicyclic) bond motifs is 1. The first-order valence-corrected chi connectivity index (χ1v) is 7.32. The van der Waals surface area contributed by atoms with Gasteiger partial charge in [-0.15, -0.1) is 0 Å². The molecule has 0 saturated heterocycles. The molecule has 2 rings (SSSR count). The van der Waals surface area contributed by atoms with Gasteiger partial charge in [-0.3, -0.25) is 9.67 Å². The lowest BCUT2D eigenvalue weighted by molar-refractivity contribution is 0.359. The van der Waals surface area contributed by atoms with Crippen LogP contribution in [0.25, 0.3) is 10.9 Å². The maximum atomic E-state index is 4.97. The summed E-state index contributed by atoms with van der Waals surface area (Å²) in [6.45, 7) is 19.6. The average molecular weight is 273 g/mol. The Morgan fingerprint density at radius 3 is 1.85 bits per heavy atom. The number of hydrogen-bond donors (Lipinski definition) is 0. The van der Waals surface area contributed by atoms with E-state index in [1.165, 1.54) is 22.2 Å². The van der Waals surface area contributed by atoms with Crippen molar-refractivity contribution in [2.45, 2.75) is 73.3 Å². The van der Waals surface area contributed by atoms with Crippen LogP contribution in [0.2, 0.25) is 0 Å². The van der Waals surface area contributed by atoms with E-state index in [4.69, 9.17) is 10.1 Å². The first-order valence-electron chi connectivity index (χ1n) is 7.32. The Bertz CT molecular complexity index is 664. The van der Waals surface area contributed by atoms with Gasteiger partial charge in [0.15, 0.2) is 0 Å². The fourth-order valence-corrected chi connectivity index (χ4v) is 2.69. The van der Waals surface area contributed by atoms with Crippen molar-refractivity contribution >= 4 is 10.9 Å². The molecule has 0 aliphatic rings. The van der Waals surface area contributed by atoms with Gasteiger partial charge in [-0.2, -0.15) is 5.10 Å². The molecule has 0 saturated carbocycles. The summed E-state index contributed by atoms with van der Waals surface area (Å²) in [7, 11) is 0. The molecule has 3 heteroatoms. The molecule has 0 radical (unpaired) electrons. The summed E-state index contributed by atoms with van der Waals surface area (Å²) >= 11 is 0. The highest BCUT2D eigenvalue weighted by Crippen LogP contribution is 2.35. The highest BCUT2D eigenvalue weighted by atomic mass is 15.3. The van der Waals surface area contributed by atoms with E-state index in [2.05, 4.69) is 67.0 Å². The van der Waals surface area contributed by atoms with Crippen LogP contribution in [0, 0.1) is 20.8 Å². The zero-order valence-corrected chi connectivity index (χ0v) is 14.3. The fourth-order valence-electron chi connectivity index (χ4n) is 2.69. The van der Waals surface area contributed by atoms with E-state index in [0.29, 0.717) is 0 Å². The van der Waals surface area contributed by atoms with Crippen molar-refractivity contribution in [1.29, 1.82) is 0 Å². The Morgan fingerprint density at radius 1 is 0.850 bits per heavy atom. The van der Waals surface area contributed by atoms with Gasteiger partial charge in [-0.25, -0.2) is 0 Å². The zero-order valence-electron chi connectivity index (χ0n) is 14.3. The van der Waals surface area contributed by atoms with E-state index >= 15 is 0 Å². The molecule has 0 spiro atoms. The number of aromatic nitrogens is 3. The van der Waals surface area contributed by atoms with Gasteiger partial charge in [0.25, 0.3) is 0 Å². The average Bonchev–Trinajstić information content (AvgIpc) is 2.65. The van der Waals surface area contributed by atoms with Crippen LogP contribution in [0.5, 0.6) is 0 Å². The molecule has 2 aromatic rings. The molecular weight excluding hydrogens is 246 g/mol. The Labute approximate surface area is 122 Å². The molecule has 20 heavy (non-hydrogen) atoms. The third kappa shape index (κ3) is 2.23. The summed E-state index contributed by atoms with van der Waals surface area (Å²) in [6.07, 6.45) is 0. The van der Waals surface area contributed by atoms with Crippen molar-refractivity contribution in [2.24, 2.45) is 0 Å². The molecule has 0 aliphatic carbocycles. The van der Waals surface area contributed by atoms with Crippen molar-refractivity contribution in [3.05, 3.63) is 22.6 Å². The van der Waals surface area contributed by atoms with Crippen molar-refractivity contribution in [3.63, 3.8) is 0 Å². The Hall–Kier alpha value is -1.38. The van der Waals surface area contributed by atoms with E-state index in [1.807, 2.05) is 0 Å². The smallest absolute Gasteiger partial charge is 0.0907 e. The Balaban J connectivity index is 3.04. The fraction of sp³-hybridized carbons (Fsp3) is 0.647. The van der Waals surface area contributed by atoms with E-state index in [0.717, 1.165) is 11.4 Å². The molecular formula is C17H27N3. The molecule has 0 unspecified atom stereocenters. The predicted molar refractivity (Wildman–Crippen MR) is 85.4 cm³/mol. The Morgan fingerprint density at radius 2 is 1.40 bits per heavy atom. The van der Waals surface area contributed by atoms with Crippen LogP contribution in [-0.2, 0) is 11.0 Å². The number of hydrogen-bond acceptors (Lipinski definition) is 2. The molecule has 0 atom stereocenters. The number of aryl methyl sites for hydroxylation is 3. The normalized spacial score (nSPS) is 13.2. The molecule has 3 nitrogen and oxygen atoms in total. The number of rotatable bonds is 0. The molecule has 0 N–H and O–H groups in total. The molecule has 0 aliphatic heterocycles. The first-order chi connectivity index (χ1) is 8.94. The second-order valence-electron chi connectivity index (χ2n) is 7.81. The number of pyridine rings is 1. The SMILES string of the molecule is Cc1nc(C)c2c(c(C(C)(C)C)nn2C(C)(C)C)c1C. The Kier molecular flexibility index (Phi) is 3.23. The van der Waals surface area contributed by atoms with E-state index in [9.17, 15) is 0 Å². The van der Waals surface area contributed by atoms with Gasteiger partial charge in [0.2, 0.25) is 0 Å². The van der Waals surface area contributed by atoms with Gasteiger partial charge in [-0.05, 0) is 47.1 Å². The highest BCUT2D eigenvalue weighted by molar-refractivity contribution is 5.88. The summed E-state index contributed by atoms with van der Waals surface area (Å²) in [5.74, 6) is 0. The topological polar surface area (TPSA) is 30.7 Å². The minimum Gasteiger partial charge on any atom is -0.257 e.